The molecular weight excluding hydrogens is 454 g/mol. The normalized spacial score (nSPS) is 14.8. The van der Waals surface area contributed by atoms with Gasteiger partial charge in [-0.25, -0.2) is 4.79 Å². The van der Waals surface area contributed by atoms with E-state index in [0.717, 1.165) is 61.8 Å². The quantitative estimate of drug-likeness (QED) is 0.337. The smallest absolute Gasteiger partial charge is 0.341 e. The minimum Gasteiger partial charge on any atom is -0.489 e. The van der Waals surface area contributed by atoms with Gasteiger partial charge in [0.15, 0.2) is 0 Å². The Bertz CT molecular complexity index is 1190. The van der Waals surface area contributed by atoms with Crippen molar-refractivity contribution in [3.05, 3.63) is 67.2 Å². The SMILES string of the molecule is COC(=O)c1c(NC(=O)c2cc(COc3ccc4c(c3)CCC4)cs2)sc2c1CCCCC2. The number of esters is 1. The second kappa shape index (κ2) is 9.69. The van der Waals surface area contributed by atoms with Crippen molar-refractivity contribution >= 4 is 39.6 Å². The second-order valence-electron chi connectivity index (χ2n) is 8.61. The van der Waals surface area contributed by atoms with Crippen molar-refractivity contribution < 1.29 is 19.1 Å². The summed E-state index contributed by atoms with van der Waals surface area (Å²) in [7, 11) is 1.39. The Morgan fingerprint density at radius 2 is 1.85 bits per heavy atom. The number of aryl methyl sites for hydroxylation is 3. The number of hydrogen-bond acceptors (Lipinski definition) is 6. The van der Waals surface area contributed by atoms with Crippen LogP contribution in [0.15, 0.2) is 29.6 Å². The van der Waals surface area contributed by atoms with E-state index >= 15 is 0 Å². The predicted octanol–water partition coefficient (Wildman–Crippen LogP) is 6.19. The first-order valence-electron chi connectivity index (χ1n) is 11.5. The van der Waals surface area contributed by atoms with Gasteiger partial charge in [-0.2, -0.15) is 0 Å². The zero-order valence-corrected chi connectivity index (χ0v) is 20.3. The van der Waals surface area contributed by atoms with Crippen molar-refractivity contribution in [1.29, 1.82) is 0 Å². The van der Waals surface area contributed by atoms with Crippen molar-refractivity contribution in [2.45, 2.75) is 58.0 Å². The summed E-state index contributed by atoms with van der Waals surface area (Å²) < 4.78 is 11.0. The van der Waals surface area contributed by atoms with Crippen LogP contribution in [0.3, 0.4) is 0 Å². The molecule has 1 N–H and O–H groups in total. The molecule has 7 heteroatoms. The van der Waals surface area contributed by atoms with Gasteiger partial charge < -0.3 is 14.8 Å². The van der Waals surface area contributed by atoms with Crippen LogP contribution in [0.1, 0.15) is 72.8 Å². The number of hydrogen-bond donors (Lipinski definition) is 1. The van der Waals surface area contributed by atoms with Crippen LogP contribution in [0.5, 0.6) is 5.75 Å². The van der Waals surface area contributed by atoms with E-state index in [9.17, 15) is 9.59 Å². The van der Waals surface area contributed by atoms with Gasteiger partial charge in [-0.15, -0.1) is 22.7 Å². The van der Waals surface area contributed by atoms with Gasteiger partial charge in [-0.1, -0.05) is 12.5 Å². The zero-order valence-electron chi connectivity index (χ0n) is 18.7. The van der Waals surface area contributed by atoms with Crippen LogP contribution in [-0.4, -0.2) is 19.0 Å². The van der Waals surface area contributed by atoms with Crippen molar-refractivity contribution in [3.8, 4) is 5.75 Å². The highest BCUT2D eigenvalue weighted by Gasteiger charge is 2.26. The van der Waals surface area contributed by atoms with Crippen LogP contribution < -0.4 is 10.1 Å². The Morgan fingerprint density at radius 1 is 1.00 bits per heavy atom. The fourth-order valence-electron chi connectivity index (χ4n) is 4.69. The lowest BCUT2D eigenvalue weighted by atomic mass is 10.1. The molecule has 2 aliphatic carbocycles. The lowest BCUT2D eigenvalue weighted by Crippen LogP contribution is -2.13. The number of nitrogens with one attached hydrogen (secondary N) is 1. The van der Waals surface area contributed by atoms with Crippen LogP contribution >= 0.6 is 22.7 Å². The molecule has 0 fully saturated rings. The molecule has 2 aromatic heterocycles. The molecule has 1 amide bonds. The van der Waals surface area contributed by atoms with Crippen LogP contribution in [0, 0.1) is 0 Å². The number of carbonyl (C=O) groups is 2. The Morgan fingerprint density at radius 3 is 2.73 bits per heavy atom. The maximum absolute atomic E-state index is 13.0. The van der Waals surface area contributed by atoms with Crippen molar-refractivity contribution in [2.75, 3.05) is 12.4 Å². The number of fused-ring (bicyclic) bond motifs is 2. The first-order chi connectivity index (χ1) is 16.1. The molecule has 172 valence electrons. The molecule has 2 aliphatic rings. The number of carbonyl (C=O) groups excluding carboxylic acids is 2. The van der Waals surface area contributed by atoms with Gasteiger partial charge in [0.25, 0.3) is 5.91 Å². The maximum atomic E-state index is 13.0. The number of benzene rings is 1. The van der Waals surface area contributed by atoms with E-state index in [4.69, 9.17) is 9.47 Å². The summed E-state index contributed by atoms with van der Waals surface area (Å²) in [5.41, 5.74) is 5.35. The average molecular weight is 482 g/mol. The molecule has 0 bridgehead atoms. The third kappa shape index (κ3) is 4.70. The Balaban J connectivity index is 1.28. The van der Waals surface area contributed by atoms with Gasteiger partial charge >= 0.3 is 5.97 Å². The minimum atomic E-state index is -0.376. The molecule has 0 radical (unpaired) electrons. The summed E-state index contributed by atoms with van der Waals surface area (Å²) in [6.07, 6.45) is 8.62. The average Bonchev–Trinajstić information content (AvgIpc) is 3.52. The van der Waals surface area contributed by atoms with E-state index in [1.54, 1.807) is 0 Å². The summed E-state index contributed by atoms with van der Waals surface area (Å²) in [4.78, 5) is 27.3. The zero-order chi connectivity index (χ0) is 22.8. The maximum Gasteiger partial charge on any atom is 0.341 e. The van der Waals surface area contributed by atoms with Gasteiger partial charge in [0.05, 0.1) is 17.6 Å². The molecule has 0 unspecified atom stereocenters. The minimum absolute atomic E-state index is 0.203. The number of thiophene rings is 2. The van der Waals surface area contributed by atoms with E-state index in [0.29, 0.717) is 22.0 Å². The number of methoxy groups -OCH3 is 1. The van der Waals surface area contributed by atoms with E-state index < -0.39 is 0 Å². The summed E-state index contributed by atoms with van der Waals surface area (Å²) in [6, 6.07) is 8.19. The van der Waals surface area contributed by atoms with Crippen LogP contribution in [0.4, 0.5) is 5.00 Å². The fourth-order valence-corrected chi connectivity index (χ4v) is 6.75. The first-order valence-corrected chi connectivity index (χ1v) is 13.2. The van der Waals surface area contributed by atoms with Gasteiger partial charge in [-0.3, -0.25) is 4.79 Å². The Kier molecular flexibility index (Phi) is 6.51. The largest absolute Gasteiger partial charge is 0.489 e. The molecule has 0 aliphatic heterocycles. The fraction of sp³-hybridized carbons (Fsp3) is 0.385. The lowest BCUT2D eigenvalue weighted by Gasteiger charge is -2.07. The molecule has 2 heterocycles. The highest BCUT2D eigenvalue weighted by molar-refractivity contribution is 7.17. The van der Waals surface area contributed by atoms with E-state index in [1.807, 2.05) is 17.5 Å². The third-order valence-electron chi connectivity index (χ3n) is 6.39. The van der Waals surface area contributed by atoms with Crippen molar-refractivity contribution in [2.24, 2.45) is 0 Å². The standard InChI is InChI=1S/C26H27NO4S2/c1-30-26(29)23-20-8-3-2-4-9-21(20)33-25(23)27-24(28)22-12-16(15-32-22)14-31-19-11-10-17-6-5-7-18(17)13-19/h10-13,15H,2-9,14H2,1H3,(H,27,28). The first kappa shape index (κ1) is 22.2. The molecule has 3 aromatic rings. The molecule has 33 heavy (non-hydrogen) atoms. The number of ether oxygens (including phenoxy) is 2. The predicted molar refractivity (Wildman–Crippen MR) is 132 cm³/mol. The molecule has 0 saturated carbocycles. The van der Waals surface area contributed by atoms with Gasteiger partial charge in [-0.05, 0) is 85.2 Å². The van der Waals surface area contributed by atoms with Gasteiger partial charge in [0.1, 0.15) is 17.4 Å². The summed E-state index contributed by atoms with van der Waals surface area (Å²) in [6.45, 7) is 0.420. The molecule has 1 aromatic carbocycles. The van der Waals surface area contributed by atoms with E-state index in [-0.39, 0.29) is 11.9 Å². The van der Waals surface area contributed by atoms with Gasteiger partial charge in [0.2, 0.25) is 0 Å². The topological polar surface area (TPSA) is 64.6 Å². The van der Waals surface area contributed by atoms with Crippen molar-refractivity contribution in [1.82, 2.24) is 0 Å². The molecule has 5 rings (SSSR count). The molecule has 0 saturated heterocycles. The summed E-state index contributed by atoms with van der Waals surface area (Å²) in [5, 5.41) is 5.53. The monoisotopic (exact) mass is 481 g/mol. The number of rotatable bonds is 6. The highest BCUT2D eigenvalue weighted by Crippen LogP contribution is 2.38. The van der Waals surface area contributed by atoms with E-state index in [2.05, 4.69) is 17.4 Å². The Labute approximate surface area is 201 Å². The molecule has 0 spiro atoms. The number of amides is 1. The van der Waals surface area contributed by atoms with Crippen LogP contribution in [-0.2, 0) is 37.0 Å². The summed E-state index contributed by atoms with van der Waals surface area (Å²) >= 11 is 2.90. The Hall–Kier alpha value is -2.64. The molecule has 0 atom stereocenters. The summed E-state index contributed by atoms with van der Waals surface area (Å²) in [5.74, 6) is 0.292. The molecular formula is C26H27NO4S2. The van der Waals surface area contributed by atoms with Gasteiger partial charge in [0, 0.05) is 10.4 Å². The van der Waals surface area contributed by atoms with Crippen molar-refractivity contribution in [3.63, 3.8) is 0 Å². The highest BCUT2D eigenvalue weighted by atomic mass is 32.1. The lowest BCUT2D eigenvalue weighted by molar-refractivity contribution is 0.0601. The third-order valence-corrected chi connectivity index (χ3v) is 8.58. The molecule has 5 nitrogen and oxygen atoms in total. The number of anilines is 1. The van der Waals surface area contributed by atoms with E-state index in [1.165, 1.54) is 52.2 Å². The van der Waals surface area contributed by atoms with Crippen LogP contribution in [0.2, 0.25) is 0 Å². The van der Waals surface area contributed by atoms with Crippen LogP contribution in [0.25, 0.3) is 0 Å². The second-order valence-corrected chi connectivity index (χ2v) is 10.6.